The van der Waals surface area contributed by atoms with Gasteiger partial charge in [0, 0.05) is 19.2 Å². The molecule has 2 rings (SSSR count). The van der Waals surface area contributed by atoms with Crippen LogP contribution in [0.1, 0.15) is 51.5 Å². The van der Waals surface area contributed by atoms with Gasteiger partial charge in [0.2, 0.25) is 0 Å². The van der Waals surface area contributed by atoms with Crippen molar-refractivity contribution in [2.45, 2.75) is 57.6 Å². The smallest absolute Gasteiger partial charge is 0.0666 e. The predicted octanol–water partition coefficient (Wildman–Crippen LogP) is 3.73. The minimum Gasteiger partial charge on any atom is -0.375 e. The van der Waals surface area contributed by atoms with Crippen LogP contribution in [0.2, 0.25) is 0 Å². The molecule has 3 atom stereocenters. The van der Waals surface area contributed by atoms with Crippen LogP contribution in [0.5, 0.6) is 0 Å². The minimum atomic E-state index is 0.0753. The minimum absolute atomic E-state index is 0.0753. The lowest BCUT2D eigenvalue weighted by atomic mass is 9.89. The fourth-order valence-electron chi connectivity index (χ4n) is 2.79. The van der Waals surface area contributed by atoms with Crippen LogP contribution in [0, 0.1) is 0 Å². The Morgan fingerprint density at radius 3 is 2.79 bits per heavy atom. The van der Waals surface area contributed by atoms with Gasteiger partial charge in [0.1, 0.15) is 0 Å². The predicted molar refractivity (Wildman–Crippen MR) is 80.5 cm³/mol. The molecule has 1 fully saturated rings. The van der Waals surface area contributed by atoms with E-state index in [1.54, 1.807) is 0 Å². The maximum atomic E-state index is 5.90. The lowest BCUT2D eigenvalue weighted by Crippen LogP contribution is -2.45. The summed E-state index contributed by atoms with van der Waals surface area (Å²) in [6.07, 6.45) is 3.36. The van der Waals surface area contributed by atoms with Gasteiger partial charge in [-0.2, -0.15) is 0 Å². The van der Waals surface area contributed by atoms with Crippen LogP contribution in [0.3, 0.4) is 0 Å². The van der Waals surface area contributed by atoms with E-state index in [-0.39, 0.29) is 5.60 Å². The van der Waals surface area contributed by atoms with Crippen LogP contribution in [0.4, 0.5) is 0 Å². The number of benzene rings is 1. The van der Waals surface area contributed by atoms with Gasteiger partial charge in [-0.05, 0) is 37.7 Å². The first-order valence-corrected chi connectivity index (χ1v) is 7.55. The van der Waals surface area contributed by atoms with Crippen molar-refractivity contribution in [2.75, 3.05) is 13.2 Å². The standard InChI is InChI=1S/C17H27NO/c1-4-17(3)12-16(10-11-19-17)18-13-14(2)15-8-6-5-7-9-15/h5-9,14,16,18H,4,10-13H2,1-3H3. The van der Waals surface area contributed by atoms with E-state index in [1.165, 1.54) is 5.56 Å². The van der Waals surface area contributed by atoms with Crippen LogP contribution in [-0.4, -0.2) is 24.8 Å². The van der Waals surface area contributed by atoms with E-state index in [4.69, 9.17) is 4.74 Å². The summed E-state index contributed by atoms with van der Waals surface area (Å²) in [6.45, 7) is 8.69. The molecular weight excluding hydrogens is 234 g/mol. The summed E-state index contributed by atoms with van der Waals surface area (Å²) in [4.78, 5) is 0. The molecule has 2 nitrogen and oxygen atoms in total. The first kappa shape index (κ1) is 14.5. The zero-order valence-corrected chi connectivity index (χ0v) is 12.5. The van der Waals surface area contributed by atoms with Crippen molar-refractivity contribution in [3.63, 3.8) is 0 Å². The Morgan fingerprint density at radius 2 is 2.11 bits per heavy atom. The van der Waals surface area contributed by atoms with Gasteiger partial charge in [-0.1, -0.05) is 44.2 Å². The molecule has 0 aromatic heterocycles. The maximum absolute atomic E-state index is 5.90. The van der Waals surface area contributed by atoms with E-state index in [9.17, 15) is 0 Å². The van der Waals surface area contributed by atoms with Gasteiger partial charge in [-0.15, -0.1) is 0 Å². The molecule has 106 valence electrons. The van der Waals surface area contributed by atoms with Crippen LogP contribution in [0.25, 0.3) is 0 Å². The fourth-order valence-corrected chi connectivity index (χ4v) is 2.79. The van der Waals surface area contributed by atoms with E-state index in [0.717, 1.165) is 32.4 Å². The van der Waals surface area contributed by atoms with Gasteiger partial charge in [0.25, 0.3) is 0 Å². The molecule has 1 aromatic carbocycles. The third-order valence-electron chi connectivity index (χ3n) is 4.42. The summed E-state index contributed by atoms with van der Waals surface area (Å²) in [5, 5.41) is 3.73. The first-order chi connectivity index (χ1) is 9.13. The molecule has 1 N–H and O–H groups in total. The summed E-state index contributed by atoms with van der Waals surface area (Å²) in [6, 6.07) is 11.3. The Bertz CT molecular complexity index is 378. The molecule has 0 spiro atoms. The monoisotopic (exact) mass is 261 g/mol. The molecule has 0 saturated carbocycles. The highest BCUT2D eigenvalue weighted by atomic mass is 16.5. The zero-order chi connectivity index (χ0) is 13.7. The molecule has 0 radical (unpaired) electrons. The van der Waals surface area contributed by atoms with E-state index < -0.39 is 0 Å². The average molecular weight is 261 g/mol. The summed E-state index contributed by atoms with van der Waals surface area (Å²) < 4.78 is 5.90. The van der Waals surface area contributed by atoms with Crippen molar-refractivity contribution in [1.82, 2.24) is 5.32 Å². The van der Waals surface area contributed by atoms with Crippen LogP contribution in [0.15, 0.2) is 30.3 Å². The van der Waals surface area contributed by atoms with Crippen molar-refractivity contribution < 1.29 is 4.74 Å². The number of ether oxygens (including phenoxy) is 1. The van der Waals surface area contributed by atoms with Crippen LogP contribution in [-0.2, 0) is 4.74 Å². The lowest BCUT2D eigenvalue weighted by molar-refractivity contribution is -0.0779. The van der Waals surface area contributed by atoms with Gasteiger partial charge in [-0.3, -0.25) is 0 Å². The normalized spacial score (nSPS) is 29.1. The van der Waals surface area contributed by atoms with Gasteiger partial charge < -0.3 is 10.1 Å². The summed E-state index contributed by atoms with van der Waals surface area (Å²) in [5.74, 6) is 0.567. The summed E-state index contributed by atoms with van der Waals surface area (Å²) in [7, 11) is 0. The highest BCUT2D eigenvalue weighted by molar-refractivity contribution is 5.19. The molecule has 3 unspecified atom stereocenters. The highest BCUT2D eigenvalue weighted by Crippen LogP contribution is 2.28. The molecule has 0 aliphatic carbocycles. The molecular formula is C17H27NO. The van der Waals surface area contributed by atoms with Gasteiger partial charge in [0.15, 0.2) is 0 Å². The second-order valence-corrected chi connectivity index (χ2v) is 6.06. The summed E-state index contributed by atoms with van der Waals surface area (Å²) in [5.41, 5.74) is 1.49. The number of nitrogens with one attached hydrogen (secondary N) is 1. The summed E-state index contributed by atoms with van der Waals surface area (Å²) >= 11 is 0. The average Bonchev–Trinajstić information content (AvgIpc) is 2.46. The van der Waals surface area contributed by atoms with Crippen molar-refractivity contribution in [2.24, 2.45) is 0 Å². The molecule has 2 heteroatoms. The van der Waals surface area contributed by atoms with E-state index in [1.807, 2.05) is 0 Å². The SMILES string of the molecule is CCC1(C)CC(NCC(C)c2ccccc2)CCO1. The van der Waals surface area contributed by atoms with Gasteiger partial charge >= 0.3 is 0 Å². The lowest BCUT2D eigenvalue weighted by Gasteiger charge is -2.38. The van der Waals surface area contributed by atoms with Gasteiger partial charge in [0.05, 0.1) is 5.60 Å². The largest absolute Gasteiger partial charge is 0.375 e. The Kier molecular flexibility index (Phi) is 5.00. The van der Waals surface area contributed by atoms with Crippen molar-refractivity contribution in [1.29, 1.82) is 0 Å². The van der Waals surface area contributed by atoms with E-state index in [2.05, 4.69) is 56.4 Å². The number of hydrogen-bond donors (Lipinski definition) is 1. The molecule has 1 saturated heterocycles. The van der Waals surface area contributed by atoms with Crippen molar-refractivity contribution in [3.8, 4) is 0 Å². The maximum Gasteiger partial charge on any atom is 0.0666 e. The van der Waals surface area contributed by atoms with Crippen molar-refractivity contribution >= 4 is 0 Å². The quantitative estimate of drug-likeness (QED) is 0.872. The molecule has 1 aliphatic rings. The number of hydrogen-bond acceptors (Lipinski definition) is 2. The Labute approximate surface area is 117 Å². The molecule has 19 heavy (non-hydrogen) atoms. The molecule has 1 aliphatic heterocycles. The van der Waals surface area contributed by atoms with E-state index >= 15 is 0 Å². The second-order valence-electron chi connectivity index (χ2n) is 6.06. The zero-order valence-electron chi connectivity index (χ0n) is 12.5. The van der Waals surface area contributed by atoms with Gasteiger partial charge in [-0.25, -0.2) is 0 Å². The third-order valence-corrected chi connectivity index (χ3v) is 4.42. The Hall–Kier alpha value is -0.860. The number of rotatable bonds is 5. The molecule has 1 heterocycles. The van der Waals surface area contributed by atoms with E-state index in [0.29, 0.717) is 12.0 Å². The fraction of sp³-hybridized carbons (Fsp3) is 0.647. The molecule has 0 bridgehead atoms. The van der Waals surface area contributed by atoms with Crippen molar-refractivity contribution in [3.05, 3.63) is 35.9 Å². The Balaban J connectivity index is 1.82. The highest BCUT2D eigenvalue weighted by Gasteiger charge is 2.31. The molecule has 1 aromatic rings. The molecule has 0 amide bonds. The third kappa shape index (κ3) is 4.05. The van der Waals surface area contributed by atoms with Crippen LogP contribution >= 0.6 is 0 Å². The second kappa shape index (κ2) is 6.53. The van der Waals surface area contributed by atoms with Crippen LogP contribution < -0.4 is 5.32 Å². The first-order valence-electron chi connectivity index (χ1n) is 7.55. The Morgan fingerprint density at radius 1 is 1.37 bits per heavy atom. The topological polar surface area (TPSA) is 21.3 Å².